The third-order valence-electron chi connectivity index (χ3n) is 3.77. The van der Waals surface area contributed by atoms with E-state index in [2.05, 4.69) is 13.0 Å². The fourth-order valence-electron chi connectivity index (χ4n) is 2.63. The molecule has 0 fully saturated rings. The lowest BCUT2D eigenvalue weighted by atomic mass is 10.1. The maximum atomic E-state index is 10.1. The van der Waals surface area contributed by atoms with Crippen LogP contribution in [0.25, 0.3) is 0 Å². The summed E-state index contributed by atoms with van der Waals surface area (Å²) >= 11 is 0. The van der Waals surface area contributed by atoms with Crippen molar-refractivity contribution in [3.8, 4) is 5.75 Å². The number of ether oxygens (including phenoxy) is 1. The average Bonchev–Trinajstić information content (AvgIpc) is 2.73. The first kappa shape index (κ1) is 12.2. The second kappa shape index (κ2) is 5.06. The summed E-state index contributed by atoms with van der Waals surface area (Å²) in [6.45, 7) is 2.64. The number of aliphatic hydroxyl groups is 1. The second-order valence-electron chi connectivity index (χ2n) is 5.26. The van der Waals surface area contributed by atoms with E-state index < -0.39 is 0 Å². The van der Waals surface area contributed by atoms with Crippen molar-refractivity contribution in [2.75, 3.05) is 0 Å². The van der Waals surface area contributed by atoms with Crippen molar-refractivity contribution >= 4 is 0 Å². The quantitative estimate of drug-likeness (QED) is 0.908. The Kier molecular flexibility index (Phi) is 3.26. The number of rotatable bonds is 3. The van der Waals surface area contributed by atoms with E-state index in [1.807, 2.05) is 42.5 Å². The molecule has 1 N–H and O–H groups in total. The predicted octanol–water partition coefficient (Wildman–Crippen LogP) is 3.49. The zero-order chi connectivity index (χ0) is 13.2. The summed E-state index contributed by atoms with van der Waals surface area (Å²) in [5, 5.41) is 10.1. The summed E-state index contributed by atoms with van der Waals surface area (Å²) in [4.78, 5) is 0. The molecule has 2 aromatic rings. The van der Waals surface area contributed by atoms with Crippen LogP contribution in [-0.2, 0) is 13.0 Å². The van der Waals surface area contributed by atoms with Gasteiger partial charge in [-0.05, 0) is 41.2 Å². The van der Waals surface area contributed by atoms with Gasteiger partial charge in [-0.25, -0.2) is 0 Å². The van der Waals surface area contributed by atoms with Crippen molar-refractivity contribution in [1.29, 1.82) is 0 Å². The summed E-state index contributed by atoms with van der Waals surface area (Å²) in [5.74, 6) is 1.13. The molecule has 0 aliphatic heterocycles. The molecule has 19 heavy (non-hydrogen) atoms. The zero-order valence-electron chi connectivity index (χ0n) is 11.0. The fraction of sp³-hybridized carbons (Fsp3) is 0.294. The van der Waals surface area contributed by atoms with E-state index >= 15 is 0 Å². The molecule has 0 spiro atoms. The van der Waals surface area contributed by atoms with Gasteiger partial charge in [-0.1, -0.05) is 43.3 Å². The molecule has 2 aromatic carbocycles. The molecule has 0 heterocycles. The average molecular weight is 254 g/mol. The molecule has 2 atom stereocenters. The molecular formula is C17H18O2. The van der Waals surface area contributed by atoms with Crippen LogP contribution in [0.5, 0.6) is 5.75 Å². The smallest absolute Gasteiger partial charge is 0.120 e. The maximum absolute atomic E-state index is 10.1. The molecule has 2 nitrogen and oxygen atoms in total. The molecule has 0 bridgehead atoms. The molecule has 0 amide bonds. The molecule has 0 saturated heterocycles. The van der Waals surface area contributed by atoms with Crippen LogP contribution in [0.15, 0.2) is 48.5 Å². The Bertz CT molecular complexity index is 563. The normalized spacial score (nSPS) is 21.2. The van der Waals surface area contributed by atoms with Crippen molar-refractivity contribution < 1.29 is 9.84 Å². The lowest BCUT2D eigenvalue weighted by Gasteiger charge is -2.11. The molecule has 98 valence electrons. The standard InChI is InChI=1S/C17H18O2/c1-12-9-14-7-8-15(10-16(14)17(12)18)19-11-13-5-3-2-4-6-13/h2-8,10,12,17-18H,9,11H2,1H3. The van der Waals surface area contributed by atoms with Gasteiger partial charge in [0.1, 0.15) is 12.4 Å². The van der Waals surface area contributed by atoms with E-state index in [4.69, 9.17) is 4.74 Å². The molecule has 2 unspecified atom stereocenters. The first-order valence-electron chi connectivity index (χ1n) is 6.71. The minimum absolute atomic E-state index is 0.305. The minimum Gasteiger partial charge on any atom is -0.489 e. The van der Waals surface area contributed by atoms with Crippen LogP contribution in [0.3, 0.4) is 0 Å². The molecule has 1 aliphatic carbocycles. The Morgan fingerprint density at radius 2 is 1.95 bits per heavy atom. The SMILES string of the molecule is CC1Cc2ccc(OCc3ccccc3)cc2C1O. The van der Waals surface area contributed by atoms with Gasteiger partial charge in [0.25, 0.3) is 0 Å². The second-order valence-corrected chi connectivity index (χ2v) is 5.26. The van der Waals surface area contributed by atoms with Gasteiger partial charge in [0.2, 0.25) is 0 Å². The topological polar surface area (TPSA) is 29.5 Å². The van der Waals surface area contributed by atoms with E-state index in [9.17, 15) is 5.11 Å². The predicted molar refractivity (Wildman–Crippen MR) is 75.0 cm³/mol. The number of aliphatic hydroxyl groups excluding tert-OH is 1. The van der Waals surface area contributed by atoms with Crippen LogP contribution in [0.2, 0.25) is 0 Å². The van der Waals surface area contributed by atoms with Gasteiger partial charge in [-0.3, -0.25) is 0 Å². The fourth-order valence-corrected chi connectivity index (χ4v) is 2.63. The van der Waals surface area contributed by atoms with Crippen molar-refractivity contribution in [1.82, 2.24) is 0 Å². The van der Waals surface area contributed by atoms with E-state index in [1.54, 1.807) is 0 Å². The Balaban J connectivity index is 1.73. The molecule has 0 radical (unpaired) electrons. The van der Waals surface area contributed by atoms with Crippen molar-refractivity contribution in [2.45, 2.75) is 26.1 Å². The monoisotopic (exact) mass is 254 g/mol. The van der Waals surface area contributed by atoms with E-state index in [-0.39, 0.29) is 6.10 Å². The highest BCUT2D eigenvalue weighted by Crippen LogP contribution is 2.37. The largest absolute Gasteiger partial charge is 0.489 e. The van der Waals surface area contributed by atoms with Crippen molar-refractivity contribution in [3.05, 3.63) is 65.2 Å². The van der Waals surface area contributed by atoms with Crippen LogP contribution < -0.4 is 4.74 Å². The summed E-state index contributed by atoms with van der Waals surface area (Å²) in [6.07, 6.45) is 0.602. The van der Waals surface area contributed by atoms with Gasteiger partial charge in [0.05, 0.1) is 6.10 Å². The zero-order valence-corrected chi connectivity index (χ0v) is 11.0. The van der Waals surface area contributed by atoms with Gasteiger partial charge < -0.3 is 9.84 Å². The van der Waals surface area contributed by atoms with Crippen molar-refractivity contribution in [2.24, 2.45) is 5.92 Å². The summed E-state index contributed by atoms with van der Waals surface area (Å²) in [5.41, 5.74) is 3.42. The first-order chi connectivity index (χ1) is 9.24. The maximum Gasteiger partial charge on any atom is 0.120 e. The van der Waals surface area contributed by atoms with Crippen LogP contribution in [0.1, 0.15) is 29.7 Å². The molecular weight excluding hydrogens is 236 g/mol. The van der Waals surface area contributed by atoms with E-state index in [0.29, 0.717) is 12.5 Å². The Labute approximate surface area is 113 Å². The van der Waals surface area contributed by atoms with Gasteiger partial charge in [-0.2, -0.15) is 0 Å². The highest BCUT2D eigenvalue weighted by Gasteiger charge is 2.27. The number of fused-ring (bicyclic) bond motifs is 1. The lowest BCUT2D eigenvalue weighted by Crippen LogP contribution is -2.01. The molecule has 3 rings (SSSR count). The third kappa shape index (κ3) is 2.49. The van der Waals surface area contributed by atoms with Gasteiger partial charge >= 0.3 is 0 Å². The first-order valence-corrected chi connectivity index (χ1v) is 6.71. The lowest BCUT2D eigenvalue weighted by molar-refractivity contribution is 0.132. The summed E-state index contributed by atoms with van der Waals surface area (Å²) in [6, 6.07) is 16.1. The molecule has 1 aliphatic rings. The van der Waals surface area contributed by atoms with E-state index in [1.165, 1.54) is 5.56 Å². The van der Waals surface area contributed by atoms with Gasteiger partial charge in [-0.15, -0.1) is 0 Å². The van der Waals surface area contributed by atoms with Gasteiger partial charge in [0.15, 0.2) is 0 Å². The summed E-state index contributed by atoms with van der Waals surface area (Å²) < 4.78 is 5.79. The third-order valence-corrected chi connectivity index (χ3v) is 3.77. The highest BCUT2D eigenvalue weighted by molar-refractivity contribution is 5.40. The van der Waals surface area contributed by atoms with Crippen LogP contribution >= 0.6 is 0 Å². The Hall–Kier alpha value is -1.80. The van der Waals surface area contributed by atoms with Crippen molar-refractivity contribution in [3.63, 3.8) is 0 Å². The van der Waals surface area contributed by atoms with Crippen LogP contribution in [-0.4, -0.2) is 5.11 Å². The Morgan fingerprint density at radius 3 is 2.74 bits per heavy atom. The van der Waals surface area contributed by atoms with Crippen LogP contribution in [0.4, 0.5) is 0 Å². The van der Waals surface area contributed by atoms with E-state index in [0.717, 1.165) is 23.3 Å². The summed E-state index contributed by atoms with van der Waals surface area (Å²) in [7, 11) is 0. The Morgan fingerprint density at radius 1 is 1.16 bits per heavy atom. The van der Waals surface area contributed by atoms with Gasteiger partial charge in [0, 0.05) is 0 Å². The number of hydrogen-bond acceptors (Lipinski definition) is 2. The van der Waals surface area contributed by atoms with Crippen LogP contribution in [0, 0.1) is 5.92 Å². The molecule has 2 heteroatoms. The minimum atomic E-state index is -0.352. The molecule has 0 aromatic heterocycles. The molecule has 0 saturated carbocycles. The number of benzene rings is 2. The number of hydrogen-bond donors (Lipinski definition) is 1. The highest BCUT2D eigenvalue weighted by atomic mass is 16.5.